The number of ether oxygens (including phenoxy) is 1. The Labute approximate surface area is 116 Å². The fourth-order valence-electron chi connectivity index (χ4n) is 1.99. The van der Waals surface area contributed by atoms with E-state index in [0.717, 1.165) is 28.2 Å². The molecule has 1 aromatic carbocycles. The van der Waals surface area contributed by atoms with E-state index in [1.54, 1.807) is 24.5 Å². The number of nitrogens with one attached hydrogen (secondary N) is 1. The van der Waals surface area contributed by atoms with Crippen LogP contribution in [0, 0.1) is 0 Å². The molecule has 3 aromatic rings. The van der Waals surface area contributed by atoms with Crippen LogP contribution in [0.15, 0.2) is 48.8 Å². The average molecular weight is 266 g/mol. The Morgan fingerprint density at radius 2 is 1.75 bits per heavy atom. The van der Waals surface area contributed by atoms with Gasteiger partial charge in [-0.25, -0.2) is 4.98 Å². The predicted octanol–water partition coefficient (Wildman–Crippen LogP) is 3.05. The van der Waals surface area contributed by atoms with Gasteiger partial charge >= 0.3 is 0 Å². The summed E-state index contributed by atoms with van der Waals surface area (Å²) in [5.41, 5.74) is 7.15. The molecule has 3 rings (SSSR count). The summed E-state index contributed by atoms with van der Waals surface area (Å²) in [6.07, 6.45) is 3.43. The molecule has 0 fully saturated rings. The van der Waals surface area contributed by atoms with E-state index in [2.05, 4.69) is 15.3 Å². The molecular weight excluding hydrogens is 252 g/mol. The Kier molecular flexibility index (Phi) is 3.09. The number of pyridine rings is 2. The first kappa shape index (κ1) is 12.2. The molecular formula is C15H14N4O. The first-order valence-electron chi connectivity index (χ1n) is 6.23. The number of nitrogens with zero attached hydrogens (tertiary/aromatic N) is 2. The van der Waals surface area contributed by atoms with Crippen molar-refractivity contribution in [1.29, 1.82) is 0 Å². The SMILES string of the molecule is CNc1nccc2c(Oc3ccc(N)cc3)ccnc12. The summed E-state index contributed by atoms with van der Waals surface area (Å²) < 4.78 is 5.90. The number of fused-ring (bicyclic) bond motifs is 1. The first-order chi connectivity index (χ1) is 9.78. The van der Waals surface area contributed by atoms with Gasteiger partial charge in [-0.3, -0.25) is 4.98 Å². The molecule has 0 aliphatic rings. The van der Waals surface area contributed by atoms with Crippen molar-refractivity contribution in [3.8, 4) is 11.5 Å². The topological polar surface area (TPSA) is 73.1 Å². The van der Waals surface area contributed by atoms with Crippen molar-refractivity contribution in [2.24, 2.45) is 0 Å². The zero-order chi connectivity index (χ0) is 13.9. The lowest BCUT2D eigenvalue weighted by molar-refractivity contribution is 0.488. The van der Waals surface area contributed by atoms with Crippen LogP contribution in [0.5, 0.6) is 11.5 Å². The lowest BCUT2D eigenvalue weighted by Gasteiger charge is -2.10. The maximum atomic E-state index is 5.90. The van der Waals surface area contributed by atoms with Crippen LogP contribution in [0.3, 0.4) is 0 Å². The second kappa shape index (κ2) is 5.05. The summed E-state index contributed by atoms with van der Waals surface area (Å²) in [7, 11) is 1.82. The second-order valence-corrected chi connectivity index (χ2v) is 4.29. The molecule has 0 saturated heterocycles. The van der Waals surface area contributed by atoms with Crippen LogP contribution in [0.25, 0.3) is 10.9 Å². The van der Waals surface area contributed by atoms with Gasteiger partial charge in [0.25, 0.3) is 0 Å². The average Bonchev–Trinajstić information content (AvgIpc) is 2.49. The van der Waals surface area contributed by atoms with Crippen molar-refractivity contribution in [1.82, 2.24) is 9.97 Å². The quantitative estimate of drug-likeness (QED) is 0.713. The van der Waals surface area contributed by atoms with Crippen molar-refractivity contribution in [3.63, 3.8) is 0 Å². The van der Waals surface area contributed by atoms with Gasteiger partial charge in [0, 0.05) is 30.5 Å². The van der Waals surface area contributed by atoms with E-state index >= 15 is 0 Å². The van der Waals surface area contributed by atoms with E-state index in [1.807, 2.05) is 31.3 Å². The molecule has 100 valence electrons. The smallest absolute Gasteiger partial charge is 0.152 e. The third kappa shape index (κ3) is 2.21. The molecule has 3 N–H and O–H groups in total. The van der Waals surface area contributed by atoms with Crippen LogP contribution < -0.4 is 15.8 Å². The highest BCUT2D eigenvalue weighted by molar-refractivity contribution is 5.92. The minimum Gasteiger partial charge on any atom is -0.457 e. The van der Waals surface area contributed by atoms with E-state index in [-0.39, 0.29) is 0 Å². The third-order valence-corrected chi connectivity index (χ3v) is 2.96. The van der Waals surface area contributed by atoms with Gasteiger partial charge in [0.1, 0.15) is 17.0 Å². The van der Waals surface area contributed by atoms with Gasteiger partial charge in [-0.05, 0) is 36.4 Å². The zero-order valence-electron chi connectivity index (χ0n) is 11.0. The Bertz CT molecular complexity index is 740. The molecule has 0 amide bonds. The number of anilines is 2. The van der Waals surface area contributed by atoms with Gasteiger partial charge < -0.3 is 15.8 Å². The molecule has 0 aliphatic heterocycles. The summed E-state index contributed by atoms with van der Waals surface area (Å²) in [6, 6.07) is 11.0. The first-order valence-corrected chi connectivity index (χ1v) is 6.23. The molecule has 0 unspecified atom stereocenters. The number of nitrogen functional groups attached to an aromatic ring is 1. The van der Waals surface area contributed by atoms with E-state index < -0.39 is 0 Å². The normalized spacial score (nSPS) is 10.4. The molecule has 0 spiro atoms. The Balaban J connectivity index is 2.05. The summed E-state index contributed by atoms with van der Waals surface area (Å²) in [4.78, 5) is 8.58. The molecule has 0 saturated carbocycles. The van der Waals surface area contributed by atoms with E-state index in [1.165, 1.54) is 0 Å². The van der Waals surface area contributed by atoms with Crippen LogP contribution in [-0.2, 0) is 0 Å². The highest BCUT2D eigenvalue weighted by Gasteiger charge is 2.08. The van der Waals surface area contributed by atoms with Crippen LogP contribution in [0.1, 0.15) is 0 Å². The summed E-state index contributed by atoms with van der Waals surface area (Å²) in [5, 5.41) is 3.93. The number of hydrogen-bond donors (Lipinski definition) is 2. The van der Waals surface area contributed by atoms with Gasteiger partial charge in [-0.2, -0.15) is 0 Å². The van der Waals surface area contributed by atoms with Crippen molar-refractivity contribution < 1.29 is 4.74 Å². The van der Waals surface area contributed by atoms with Crippen LogP contribution in [-0.4, -0.2) is 17.0 Å². The van der Waals surface area contributed by atoms with E-state index in [0.29, 0.717) is 5.69 Å². The third-order valence-electron chi connectivity index (χ3n) is 2.96. The van der Waals surface area contributed by atoms with Crippen molar-refractivity contribution >= 4 is 22.4 Å². The number of hydrogen-bond acceptors (Lipinski definition) is 5. The largest absolute Gasteiger partial charge is 0.457 e. The Morgan fingerprint density at radius 3 is 2.50 bits per heavy atom. The standard InChI is InChI=1S/C15H14N4O/c1-17-15-14-12(6-8-19-15)13(7-9-18-14)20-11-4-2-10(16)3-5-11/h2-9H,16H2,1H3,(H,17,19). The molecule has 2 aromatic heterocycles. The lowest BCUT2D eigenvalue weighted by Crippen LogP contribution is -1.96. The van der Waals surface area contributed by atoms with E-state index in [9.17, 15) is 0 Å². The Hall–Kier alpha value is -2.82. The molecule has 0 aliphatic carbocycles. The van der Waals surface area contributed by atoms with Crippen LogP contribution in [0.4, 0.5) is 11.5 Å². The summed E-state index contributed by atoms with van der Waals surface area (Å²) >= 11 is 0. The number of benzene rings is 1. The second-order valence-electron chi connectivity index (χ2n) is 4.29. The van der Waals surface area contributed by atoms with Gasteiger partial charge in [-0.1, -0.05) is 0 Å². The van der Waals surface area contributed by atoms with Gasteiger partial charge in [-0.15, -0.1) is 0 Å². The minimum atomic E-state index is 0.707. The molecule has 0 radical (unpaired) electrons. The molecule has 5 heteroatoms. The molecule has 2 heterocycles. The minimum absolute atomic E-state index is 0.707. The monoisotopic (exact) mass is 266 g/mol. The van der Waals surface area contributed by atoms with Crippen LogP contribution >= 0.6 is 0 Å². The summed E-state index contributed by atoms with van der Waals surface area (Å²) in [6.45, 7) is 0. The molecule has 5 nitrogen and oxygen atoms in total. The molecule has 0 bridgehead atoms. The molecule has 20 heavy (non-hydrogen) atoms. The Morgan fingerprint density at radius 1 is 1.00 bits per heavy atom. The fourth-order valence-corrected chi connectivity index (χ4v) is 1.99. The van der Waals surface area contributed by atoms with Gasteiger partial charge in [0.2, 0.25) is 0 Å². The lowest BCUT2D eigenvalue weighted by atomic mass is 10.2. The van der Waals surface area contributed by atoms with Crippen molar-refractivity contribution in [3.05, 3.63) is 48.8 Å². The zero-order valence-corrected chi connectivity index (χ0v) is 11.0. The summed E-state index contributed by atoms with van der Waals surface area (Å²) in [5.74, 6) is 2.19. The van der Waals surface area contributed by atoms with Gasteiger partial charge in [0.05, 0.1) is 0 Å². The number of nitrogens with two attached hydrogens (primary N) is 1. The predicted molar refractivity (Wildman–Crippen MR) is 80.0 cm³/mol. The van der Waals surface area contributed by atoms with E-state index in [4.69, 9.17) is 10.5 Å². The van der Waals surface area contributed by atoms with Crippen LogP contribution in [0.2, 0.25) is 0 Å². The molecule has 0 atom stereocenters. The maximum Gasteiger partial charge on any atom is 0.152 e. The number of rotatable bonds is 3. The van der Waals surface area contributed by atoms with Crippen molar-refractivity contribution in [2.75, 3.05) is 18.1 Å². The van der Waals surface area contributed by atoms with Crippen molar-refractivity contribution in [2.45, 2.75) is 0 Å². The highest BCUT2D eigenvalue weighted by atomic mass is 16.5. The number of aromatic nitrogens is 2. The van der Waals surface area contributed by atoms with Gasteiger partial charge in [0.15, 0.2) is 5.82 Å². The fraction of sp³-hybridized carbons (Fsp3) is 0.0667. The highest BCUT2D eigenvalue weighted by Crippen LogP contribution is 2.31. The maximum absolute atomic E-state index is 5.90.